The molecule has 0 amide bonds. The van der Waals surface area contributed by atoms with Crippen LogP contribution >= 0.6 is 11.6 Å². The minimum absolute atomic E-state index is 0.185. The van der Waals surface area contributed by atoms with E-state index in [1.165, 1.54) is 24.3 Å². The van der Waals surface area contributed by atoms with E-state index in [1.807, 2.05) is 0 Å². The van der Waals surface area contributed by atoms with Gasteiger partial charge in [-0.3, -0.25) is 0 Å². The van der Waals surface area contributed by atoms with E-state index in [0.29, 0.717) is 5.02 Å². The van der Waals surface area contributed by atoms with Crippen LogP contribution in [0.4, 0.5) is 28.9 Å². The summed E-state index contributed by atoms with van der Waals surface area (Å²) in [6.07, 6.45) is 0. The highest BCUT2D eigenvalue weighted by molar-refractivity contribution is 6.30. The lowest BCUT2D eigenvalue weighted by Crippen LogP contribution is -2.05. The number of halogens is 5. The molecule has 0 aliphatic rings. The summed E-state index contributed by atoms with van der Waals surface area (Å²) in [5.41, 5.74) is -0.771. The predicted molar refractivity (Wildman–Crippen MR) is 58.8 cm³/mol. The van der Waals surface area contributed by atoms with Gasteiger partial charge >= 0.3 is 0 Å². The lowest BCUT2D eigenvalue weighted by Gasteiger charge is -2.09. The molecule has 2 rings (SSSR count). The SMILES string of the molecule is Fc1nc(F)c(F)c(Nc2cccc(Cl)c2)c1F. The lowest BCUT2D eigenvalue weighted by atomic mass is 10.3. The van der Waals surface area contributed by atoms with E-state index in [2.05, 4.69) is 10.3 Å². The zero-order chi connectivity index (χ0) is 13.3. The molecule has 1 aromatic heterocycles. The van der Waals surface area contributed by atoms with Gasteiger partial charge in [0.15, 0.2) is 0 Å². The van der Waals surface area contributed by atoms with Gasteiger partial charge < -0.3 is 5.32 Å². The van der Waals surface area contributed by atoms with Crippen LogP contribution in [0.25, 0.3) is 0 Å². The van der Waals surface area contributed by atoms with Crippen molar-refractivity contribution >= 4 is 23.0 Å². The van der Waals surface area contributed by atoms with Gasteiger partial charge in [-0.05, 0) is 18.2 Å². The molecule has 0 saturated heterocycles. The van der Waals surface area contributed by atoms with Crippen molar-refractivity contribution in [3.8, 4) is 0 Å². The molecule has 0 aliphatic heterocycles. The quantitative estimate of drug-likeness (QED) is 0.661. The third-order valence-electron chi connectivity index (χ3n) is 2.09. The molecule has 0 bridgehead atoms. The average Bonchev–Trinajstić information content (AvgIpc) is 2.32. The normalized spacial score (nSPS) is 10.5. The monoisotopic (exact) mass is 276 g/mol. The molecule has 2 nitrogen and oxygen atoms in total. The number of rotatable bonds is 2. The van der Waals surface area contributed by atoms with Crippen molar-refractivity contribution in [2.45, 2.75) is 0 Å². The van der Waals surface area contributed by atoms with E-state index < -0.39 is 29.2 Å². The maximum Gasteiger partial charge on any atom is 0.253 e. The van der Waals surface area contributed by atoms with E-state index >= 15 is 0 Å². The molecule has 0 spiro atoms. The Labute approximate surface area is 104 Å². The highest BCUT2D eigenvalue weighted by atomic mass is 35.5. The second-order valence-corrected chi connectivity index (χ2v) is 3.77. The fourth-order valence-corrected chi connectivity index (χ4v) is 1.50. The third kappa shape index (κ3) is 2.38. The van der Waals surface area contributed by atoms with Gasteiger partial charge in [0.1, 0.15) is 5.69 Å². The highest BCUT2D eigenvalue weighted by Crippen LogP contribution is 2.26. The van der Waals surface area contributed by atoms with Gasteiger partial charge in [0.25, 0.3) is 11.9 Å². The van der Waals surface area contributed by atoms with Crippen LogP contribution in [0, 0.1) is 23.5 Å². The molecule has 0 radical (unpaired) electrons. The molecule has 0 fully saturated rings. The van der Waals surface area contributed by atoms with Gasteiger partial charge in [0.2, 0.25) is 11.6 Å². The van der Waals surface area contributed by atoms with Crippen LogP contribution in [0.5, 0.6) is 0 Å². The molecule has 1 aromatic carbocycles. The standard InChI is InChI=1S/C11H5ClF4N2/c12-5-2-1-3-6(4-5)17-9-7(13)10(15)18-11(16)8(9)14/h1-4H,(H,17,18). The summed E-state index contributed by atoms with van der Waals surface area (Å²) < 4.78 is 52.3. The average molecular weight is 277 g/mol. The summed E-state index contributed by atoms with van der Waals surface area (Å²) in [6.45, 7) is 0. The molecule has 0 unspecified atom stereocenters. The number of nitrogens with one attached hydrogen (secondary N) is 1. The van der Waals surface area contributed by atoms with E-state index in [9.17, 15) is 17.6 Å². The maximum absolute atomic E-state index is 13.3. The second-order valence-electron chi connectivity index (χ2n) is 3.33. The summed E-state index contributed by atoms with van der Waals surface area (Å²) in [7, 11) is 0. The third-order valence-corrected chi connectivity index (χ3v) is 2.33. The molecule has 2 aromatic rings. The first-order chi connectivity index (χ1) is 8.49. The topological polar surface area (TPSA) is 24.9 Å². The molecule has 94 valence electrons. The van der Waals surface area contributed by atoms with Gasteiger partial charge in [-0.1, -0.05) is 17.7 Å². The number of anilines is 2. The molecule has 1 heterocycles. The predicted octanol–water partition coefficient (Wildman–Crippen LogP) is 4.04. The Morgan fingerprint density at radius 2 is 1.61 bits per heavy atom. The fourth-order valence-electron chi connectivity index (χ4n) is 1.31. The first-order valence-electron chi connectivity index (χ1n) is 4.71. The molecule has 7 heteroatoms. The molecule has 18 heavy (non-hydrogen) atoms. The zero-order valence-electron chi connectivity index (χ0n) is 8.65. The Hall–Kier alpha value is -1.82. The van der Waals surface area contributed by atoms with Crippen LogP contribution < -0.4 is 5.32 Å². The fraction of sp³-hybridized carbons (Fsp3) is 0. The van der Waals surface area contributed by atoms with Crippen molar-refractivity contribution in [2.24, 2.45) is 0 Å². The van der Waals surface area contributed by atoms with E-state index in [-0.39, 0.29) is 5.69 Å². The van der Waals surface area contributed by atoms with Crippen LogP contribution in [0.15, 0.2) is 24.3 Å². The highest BCUT2D eigenvalue weighted by Gasteiger charge is 2.20. The van der Waals surface area contributed by atoms with Crippen molar-refractivity contribution in [3.05, 3.63) is 52.8 Å². The Kier molecular flexibility index (Phi) is 3.38. The summed E-state index contributed by atoms with van der Waals surface area (Å²) in [5.74, 6) is -6.65. The number of benzene rings is 1. The van der Waals surface area contributed by atoms with Gasteiger partial charge in [-0.25, -0.2) is 0 Å². The molecular weight excluding hydrogens is 272 g/mol. The lowest BCUT2D eigenvalue weighted by molar-refractivity contribution is 0.411. The van der Waals surface area contributed by atoms with Crippen LogP contribution in [-0.4, -0.2) is 4.98 Å². The van der Waals surface area contributed by atoms with Crippen LogP contribution in [0.1, 0.15) is 0 Å². The number of nitrogens with zero attached hydrogens (tertiary/aromatic N) is 1. The second kappa shape index (κ2) is 4.81. The number of aromatic nitrogens is 1. The number of pyridine rings is 1. The molecule has 0 atom stereocenters. The van der Waals surface area contributed by atoms with Crippen LogP contribution in [0.2, 0.25) is 5.02 Å². The first kappa shape index (κ1) is 12.6. The van der Waals surface area contributed by atoms with Gasteiger partial charge in [0.05, 0.1) is 0 Å². The van der Waals surface area contributed by atoms with Gasteiger partial charge in [0, 0.05) is 10.7 Å². The molecule has 0 aliphatic carbocycles. The van der Waals surface area contributed by atoms with Crippen molar-refractivity contribution in [3.63, 3.8) is 0 Å². The van der Waals surface area contributed by atoms with Crippen molar-refractivity contribution in [2.75, 3.05) is 5.32 Å². The van der Waals surface area contributed by atoms with E-state index in [4.69, 9.17) is 11.6 Å². The summed E-state index contributed by atoms with van der Waals surface area (Å²) in [5, 5.41) is 2.51. The van der Waals surface area contributed by atoms with Crippen LogP contribution in [-0.2, 0) is 0 Å². The van der Waals surface area contributed by atoms with E-state index in [0.717, 1.165) is 0 Å². The Morgan fingerprint density at radius 1 is 1.00 bits per heavy atom. The van der Waals surface area contributed by atoms with E-state index in [1.54, 1.807) is 0 Å². The molecule has 0 saturated carbocycles. The Morgan fingerprint density at radius 3 is 2.17 bits per heavy atom. The van der Waals surface area contributed by atoms with Gasteiger partial charge in [-0.15, -0.1) is 0 Å². The van der Waals surface area contributed by atoms with Gasteiger partial charge in [-0.2, -0.15) is 22.5 Å². The van der Waals surface area contributed by atoms with Crippen LogP contribution in [0.3, 0.4) is 0 Å². The zero-order valence-corrected chi connectivity index (χ0v) is 9.40. The maximum atomic E-state index is 13.3. The number of hydrogen-bond donors (Lipinski definition) is 1. The summed E-state index contributed by atoms with van der Waals surface area (Å²) in [4.78, 5) is 2.44. The minimum atomic E-state index is -1.72. The summed E-state index contributed by atoms with van der Waals surface area (Å²) >= 11 is 5.67. The van der Waals surface area contributed by atoms with Crippen molar-refractivity contribution < 1.29 is 17.6 Å². The Balaban J connectivity index is 2.46. The van der Waals surface area contributed by atoms with Crippen molar-refractivity contribution in [1.82, 2.24) is 4.98 Å². The largest absolute Gasteiger partial charge is 0.350 e. The molecular formula is C11H5ClF4N2. The minimum Gasteiger partial charge on any atom is -0.350 e. The molecule has 1 N–H and O–H groups in total. The first-order valence-corrected chi connectivity index (χ1v) is 5.09. The smallest absolute Gasteiger partial charge is 0.253 e. The summed E-state index contributed by atoms with van der Waals surface area (Å²) in [6, 6.07) is 5.82. The van der Waals surface area contributed by atoms with Crippen molar-refractivity contribution in [1.29, 1.82) is 0 Å². The Bertz CT molecular complexity index is 578. The number of hydrogen-bond acceptors (Lipinski definition) is 2.